The topological polar surface area (TPSA) is 84.7 Å². The number of likely N-dealkylation sites (tertiary alicyclic amines) is 1. The van der Waals surface area contributed by atoms with Gasteiger partial charge in [-0.2, -0.15) is 0 Å². The Balaban J connectivity index is 1.42. The van der Waals surface area contributed by atoms with Gasteiger partial charge in [-0.1, -0.05) is 6.42 Å². The Kier molecular flexibility index (Phi) is 6.01. The molecule has 2 fully saturated rings. The molecule has 2 aliphatic rings. The molecule has 0 radical (unpaired) electrons. The van der Waals surface area contributed by atoms with Gasteiger partial charge in [0.1, 0.15) is 4.83 Å². The molecule has 1 amide bonds. The highest BCUT2D eigenvalue weighted by atomic mass is 32.1. The second-order valence-electron chi connectivity index (χ2n) is 8.91. The molecule has 1 N–H and O–H groups in total. The zero-order valence-electron chi connectivity index (χ0n) is 18.0. The number of aromatic nitrogens is 2. The summed E-state index contributed by atoms with van der Waals surface area (Å²) in [5, 5.41) is 11.8. The number of carbonyl (C=O) groups excluding carboxylic acids is 1. The molecule has 164 valence electrons. The molecule has 1 aliphatic carbocycles. The highest BCUT2D eigenvalue weighted by Gasteiger charge is 2.37. The molecule has 1 saturated carbocycles. The highest BCUT2D eigenvalue weighted by molar-refractivity contribution is 7.18. The number of fused-ring (bicyclic) bond motifs is 1. The third kappa shape index (κ3) is 4.05. The second kappa shape index (κ2) is 8.40. The standard InChI is InChI=1S/C22H31N3O4S/c1-14-15(2)30-19-18(14)21(27)25(13-23-19)12-22(28)7-9-24(10-8-22)20(26)16-5-4-6-17(11-16)29-3/h13,16-17,28H,4-12H2,1-3H3/t16-,17-/m0/s1. The Morgan fingerprint density at radius 2 is 2.07 bits per heavy atom. The number of rotatable bonds is 4. The molecule has 30 heavy (non-hydrogen) atoms. The third-order valence-electron chi connectivity index (χ3n) is 6.93. The number of hydrogen-bond acceptors (Lipinski definition) is 6. The lowest BCUT2D eigenvalue weighted by Crippen LogP contribution is -2.51. The molecule has 8 heteroatoms. The fraction of sp³-hybridized carbons (Fsp3) is 0.682. The van der Waals surface area contributed by atoms with Crippen LogP contribution >= 0.6 is 11.3 Å². The van der Waals surface area contributed by atoms with E-state index >= 15 is 0 Å². The maximum Gasteiger partial charge on any atom is 0.262 e. The van der Waals surface area contributed by atoms with Gasteiger partial charge in [0.05, 0.1) is 30.0 Å². The summed E-state index contributed by atoms with van der Waals surface area (Å²) in [6.07, 6.45) is 6.39. The van der Waals surface area contributed by atoms with Crippen LogP contribution in [0.3, 0.4) is 0 Å². The average Bonchev–Trinajstić information content (AvgIpc) is 3.04. The van der Waals surface area contributed by atoms with Crippen molar-refractivity contribution in [3.63, 3.8) is 0 Å². The van der Waals surface area contributed by atoms with E-state index in [9.17, 15) is 14.7 Å². The number of aryl methyl sites for hydroxylation is 2. The minimum atomic E-state index is -1.00. The van der Waals surface area contributed by atoms with Crippen molar-refractivity contribution in [1.29, 1.82) is 0 Å². The van der Waals surface area contributed by atoms with E-state index in [1.165, 1.54) is 15.9 Å². The first-order valence-corrected chi connectivity index (χ1v) is 11.6. The quantitative estimate of drug-likeness (QED) is 0.801. The number of piperidine rings is 1. The lowest BCUT2D eigenvalue weighted by Gasteiger charge is -2.40. The highest BCUT2D eigenvalue weighted by Crippen LogP contribution is 2.31. The van der Waals surface area contributed by atoms with Crippen LogP contribution < -0.4 is 5.56 Å². The molecular weight excluding hydrogens is 402 g/mol. The number of amides is 1. The predicted molar refractivity (Wildman–Crippen MR) is 117 cm³/mol. The van der Waals surface area contributed by atoms with E-state index in [4.69, 9.17) is 4.74 Å². The summed E-state index contributed by atoms with van der Waals surface area (Å²) in [5.74, 6) is 0.206. The molecule has 0 bridgehead atoms. The van der Waals surface area contributed by atoms with Crippen molar-refractivity contribution in [2.75, 3.05) is 20.2 Å². The van der Waals surface area contributed by atoms with Crippen LogP contribution in [0.5, 0.6) is 0 Å². The predicted octanol–water partition coefficient (Wildman–Crippen LogP) is 2.63. The van der Waals surface area contributed by atoms with Gasteiger partial charge in [-0.05, 0) is 51.5 Å². The van der Waals surface area contributed by atoms with E-state index in [2.05, 4.69) is 4.98 Å². The van der Waals surface area contributed by atoms with E-state index < -0.39 is 5.60 Å². The number of methoxy groups -OCH3 is 1. The Bertz CT molecular complexity index is 990. The molecule has 0 unspecified atom stereocenters. The lowest BCUT2D eigenvalue weighted by atomic mass is 9.84. The van der Waals surface area contributed by atoms with Crippen molar-refractivity contribution in [2.24, 2.45) is 5.92 Å². The molecule has 7 nitrogen and oxygen atoms in total. The Labute approximate surface area is 180 Å². The van der Waals surface area contributed by atoms with Crippen LogP contribution in [0.25, 0.3) is 10.2 Å². The van der Waals surface area contributed by atoms with Crippen molar-refractivity contribution in [1.82, 2.24) is 14.5 Å². The monoisotopic (exact) mass is 433 g/mol. The Morgan fingerprint density at radius 1 is 1.33 bits per heavy atom. The molecule has 2 aromatic heterocycles. The molecular formula is C22H31N3O4S. The number of nitrogens with zero attached hydrogens (tertiary/aromatic N) is 3. The van der Waals surface area contributed by atoms with Crippen molar-refractivity contribution >= 4 is 27.5 Å². The fourth-order valence-corrected chi connectivity index (χ4v) is 5.83. The summed E-state index contributed by atoms with van der Waals surface area (Å²) in [6, 6.07) is 0. The molecule has 0 spiro atoms. The number of aliphatic hydroxyl groups is 1. The Hall–Kier alpha value is -1.77. The zero-order chi connectivity index (χ0) is 21.5. The van der Waals surface area contributed by atoms with Crippen molar-refractivity contribution in [3.05, 3.63) is 27.1 Å². The van der Waals surface area contributed by atoms with Gasteiger partial charge in [0.15, 0.2) is 0 Å². The molecule has 0 aromatic carbocycles. The minimum absolute atomic E-state index is 0.0222. The number of ether oxygens (including phenoxy) is 1. The van der Waals surface area contributed by atoms with Gasteiger partial charge in [-0.25, -0.2) is 4.98 Å². The lowest BCUT2D eigenvalue weighted by molar-refractivity contribution is -0.142. The van der Waals surface area contributed by atoms with Gasteiger partial charge in [-0.3, -0.25) is 14.2 Å². The summed E-state index contributed by atoms with van der Waals surface area (Å²) >= 11 is 1.53. The summed E-state index contributed by atoms with van der Waals surface area (Å²) in [5.41, 5.74) is -0.131. The maximum atomic E-state index is 13.0. The first-order chi connectivity index (χ1) is 14.3. The third-order valence-corrected chi connectivity index (χ3v) is 8.05. The molecule has 2 aromatic rings. The number of thiophene rings is 1. The van der Waals surface area contributed by atoms with Crippen LogP contribution in [-0.4, -0.2) is 57.4 Å². The van der Waals surface area contributed by atoms with Crippen molar-refractivity contribution in [3.8, 4) is 0 Å². The molecule has 4 rings (SSSR count). The largest absolute Gasteiger partial charge is 0.388 e. The van der Waals surface area contributed by atoms with Crippen LogP contribution in [0.1, 0.15) is 49.0 Å². The number of hydrogen-bond donors (Lipinski definition) is 1. The zero-order valence-corrected chi connectivity index (χ0v) is 18.8. The summed E-state index contributed by atoms with van der Waals surface area (Å²) in [7, 11) is 1.71. The SMILES string of the molecule is CO[C@H]1CCC[C@H](C(=O)N2CCC(O)(Cn3cnc4sc(C)c(C)c4c3=O)CC2)C1. The van der Waals surface area contributed by atoms with Gasteiger partial charge >= 0.3 is 0 Å². The first kappa shape index (κ1) is 21.5. The van der Waals surface area contributed by atoms with Gasteiger partial charge in [0, 0.05) is 31.0 Å². The summed E-state index contributed by atoms with van der Waals surface area (Å²) in [4.78, 5) is 34.1. The molecule has 1 aliphatic heterocycles. The summed E-state index contributed by atoms with van der Waals surface area (Å²) in [6.45, 7) is 5.18. The normalized spacial score (nSPS) is 24.3. The Morgan fingerprint density at radius 3 is 2.77 bits per heavy atom. The fourth-order valence-electron chi connectivity index (χ4n) is 4.84. The molecule has 2 atom stereocenters. The average molecular weight is 434 g/mol. The van der Waals surface area contributed by atoms with E-state index in [0.29, 0.717) is 31.3 Å². The van der Waals surface area contributed by atoms with E-state index in [1.807, 2.05) is 18.7 Å². The van der Waals surface area contributed by atoms with Gasteiger partial charge in [0.25, 0.3) is 5.56 Å². The van der Waals surface area contributed by atoms with Crippen LogP contribution in [0.4, 0.5) is 0 Å². The van der Waals surface area contributed by atoms with E-state index in [1.54, 1.807) is 13.4 Å². The smallest absolute Gasteiger partial charge is 0.262 e. The molecule has 1 saturated heterocycles. The van der Waals surface area contributed by atoms with E-state index in [0.717, 1.165) is 41.0 Å². The maximum absolute atomic E-state index is 13.0. The van der Waals surface area contributed by atoms with Crippen LogP contribution in [0, 0.1) is 19.8 Å². The summed E-state index contributed by atoms with van der Waals surface area (Å²) < 4.78 is 6.99. The van der Waals surface area contributed by atoms with Gasteiger partial charge in [-0.15, -0.1) is 11.3 Å². The van der Waals surface area contributed by atoms with Crippen molar-refractivity contribution in [2.45, 2.75) is 70.6 Å². The van der Waals surface area contributed by atoms with Crippen LogP contribution in [0.15, 0.2) is 11.1 Å². The van der Waals surface area contributed by atoms with E-state index in [-0.39, 0.29) is 30.0 Å². The first-order valence-electron chi connectivity index (χ1n) is 10.8. The minimum Gasteiger partial charge on any atom is -0.388 e. The molecule has 3 heterocycles. The van der Waals surface area contributed by atoms with Crippen LogP contribution in [-0.2, 0) is 16.1 Å². The van der Waals surface area contributed by atoms with Crippen LogP contribution in [0.2, 0.25) is 0 Å². The second-order valence-corrected chi connectivity index (χ2v) is 10.1. The van der Waals surface area contributed by atoms with Gasteiger partial charge in [0.2, 0.25) is 5.91 Å². The van der Waals surface area contributed by atoms with Crippen molar-refractivity contribution < 1.29 is 14.6 Å². The van der Waals surface area contributed by atoms with Gasteiger partial charge < -0.3 is 14.7 Å². The number of carbonyl (C=O) groups is 1.